The predicted molar refractivity (Wildman–Crippen MR) is 87.6 cm³/mol. The number of likely N-dealkylation sites (tertiary alicyclic amines) is 1. The van der Waals surface area contributed by atoms with Crippen molar-refractivity contribution in [3.05, 3.63) is 63.7 Å². The molecule has 0 aromatic rings. The summed E-state index contributed by atoms with van der Waals surface area (Å²) in [6.45, 7) is 4.37. The molecule has 3 heteroatoms. The molecule has 1 heterocycles. The van der Waals surface area contributed by atoms with Crippen molar-refractivity contribution in [1.82, 2.24) is 4.90 Å². The predicted octanol–water partition coefficient (Wildman–Crippen LogP) is 3.30. The Kier molecular flexibility index (Phi) is 11.1. The van der Waals surface area contributed by atoms with Crippen molar-refractivity contribution in [1.29, 1.82) is 0 Å². The van der Waals surface area contributed by atoms with Gasteiger partial charge in [-0.25, -0.2) is 0 Å². The Morgan fingerprint density at radius 3 is 2.18 bits per heavy atom. The van der Waals surface area contributed by atoms with Gasteiger partial charge in [0.1, 0.15) is 0 Å². The zero-order valence-electron chi connectivity index (χ0n) is 13.6. The molecule has 2 saturated carbocycles. The van der Waals surface area contributed by atoms with Crippen molar-refractivity contribution < 1.29 is 21.8 Å². The van der Waals surface area contributed by atoms with Crippen molar-refractivity contribution >= 4 is 0 Å². The van der Waals surface area contributed by atoms with Gasteiger partial charge in [-0.05, 0) is 83.6 Å². The summed E-state index contributed by atoms with van der Waals surface area (Å²) >= 11 is 0. The van der Waals surface area contributed by atoms with Crippen molar-refractivity contribution in [3.63, 3.8) is 0 Å². The van der Waals surface area contributed by atoms with Crippen molar-refractivity contribution in [3.8, 4) is 0 Å². The maximum atomic E-state index is 5.33. The van der Waals surface area contributed by atoms with Gasteiger partial charge >= 0.3 is 17.1 Å². The van der Waals surface area contributed by atoms with Gasteiger partial charge in [-0.3, -0.25) is 4.90 Å². The van der Waals surface area contributed by atoms with Gasteiger partial charge in [0.05, 0.1) is 6.61 Å². The van der Waals surface area contributed by atoms with Crippen LogP contribution in [0.2, 0.25) is 0 Å². The third-order valence-electron chi connectivity index (χ3n) is 4.20. The summed E-state index contributed by atoms with van der Waals surface area (Å²) in [6, 6.07) is 1.20. The summed E-state index contributed by atoms with van der Waals surface area (Å²) in [5.74, 6) is 1.46. The second-order valence-corrected chi connectivity index (χ2v) is 5.59. The van der Waals surface area contributed by atoms with Gasteiger partial charge in [-0.15, -0.1) is 0 Å². The monoisotopic (exact) mass is 341 g/mol. The molecule has 3 aliphatic rings. The van der Waals surface area contributed by atoms with E-state index in [1.165, 1.54) is 31.7 Å². The summed E-state index contributed by atoms with van der Waals surface area (Å²) in [5, 5.41) is 0. The molecule has 2 nitrogen and oxygen atoms in total. The molecule has 2 atom stereocenters. The average Bonchev–Trinajstić information content (AvgIpc) is 3.26. The number of ether oxygens (including phenoxy) is 1. The van der Waals surface area contributed by atoms with E-state index in [0.717, 1.165) is 6.61 Å². The SMILES string of the molecule is CC[C@H]([C]1[CH][CH][CH][CH]1)N1CCC[C@H]1COC.[CH]1[CH][CH][CH][CH]1.[Fe+2]. The fourth-order valence-corrected chi connectivity index (χ4v) is 3.23. The Labute approximate surface area is 149 Å². The average molecular weight is 341 g/mol. The van der Waals surface area contributed by atoms with Gasteiger partial charge in [-0.1, -0.05) is 6.92 Å². The molecule has 0 aromatic heterocycles. The first kappa shape index (κ1) is 20.5. The molecule has 22 heavy (non-hydrogen) atoms. The number of nitrogens with zero attached hydrogens (tertiary/aromatic N) is 1. The van der Waals surface area contributed by atoms with Crippen molar-refractivity contribution in [2.45, 2.75) is 38.3 Å². The quantitative estimate of drug-likeness (QED) is 0.712. The molecule has 0 unspecified atom stereocenters. The fourth-order valence-electron chi connectivity index (χ4n) is 3.23. The Morgan fingerprint density at radius 2 is 1.68 bits per heavy atom. The van der Waals surface area contributed by atoms with E-state index in [1.807, 2.05) is 32.1 Å². The van der Waals surface area contributed by atoms with E-state index >= 15 is 0 Å². The Balaban J connectivity index is 0.000000344. The van der Waals surface area contributed by atoms with E-state index in [9.17, 15) is 0 Å². The molecule has 1 aliphatic heterocycles. The standard InChI is InChI=1S/C14H22NO.C5H5.Fe/c1-3-14(12-7-4-5-8-12)15-10-6-9-13(15)11-16-2;1-2-4-5-3-1;/h4-5,7-8,13-14H,3,6,9-11H2,1-2H3;1-5H;/q;;+2/t13-,14+;;/m0../s1. The zero-order chi connectivity index (χ0) is 14.9. The third kappa shape index (κ3) is 6.15. The van der Waals surface area contributed by atoms with Crippen LogP contribution in [-0.4, -0.2) is 37.2 Å². The first-order valence-corrected chi connectivity index (χ1v) is 7.99. The molecule has 0 aromatic carbocycles. The molecule has 1 saturated heterocycles. The molecule has 0 spiro atoms. The van der Waals surface area contributed by atoms with Gasteiger partial charge in [-0.2, -0.15) is 0 Å². The molecular weight excluding hydrogens is 314 g/mol. The second-order valence-electron chi connectivity index (χ2n) is 5.59. The van der Waals surface area contributed by atoms with Crippen LogP contribution < -0.4 is 0 Å². The van der Waals surface area contributed by atoms with Crippen LogP contribution in [0, 0.1) is 63.7 Å². The number of rotatable bonds is 5. The van der Waals surface area contributed by atoms with E-state index in [0.29, 0.717) is 12.1 Å². The van der Waals surface area contributed by atoms with Crippen LogP contribution >= 0.6 is 0 Å². The van der Waals surface area contributed by atoms with E-state index in [1.54, 1.807) is 7.11 Å². The van der Waals surface area contributed by atoms with Crippen LogP contribution in [0.5, 0.6) is 0 Å². The smallest absolute Gasteiger partial charge is 0.383 e. The minimum atomic E-state index is 0. The summed E-state index contributed by atoms with van der Waals surface area (Å²) in [4.78, 5) is 2.62. The molecule has 0 bridgehead atoms. The van der Waals surface area contributed by atoms with Crippen LogP contribution in [0.1, 0.15) is 26.2 Å². The molecule has 0 amide bonds. The van der Waals surface area contributed by atoms with Crippen LogP contribution in [0.15, 0.2) is 0 Å². The van der Waals surface area contributed by atoms with Crippen molar-refractivity contribution in [2.24, 2.45) is 0 Å². The summed E-state index contributed by atoms with van der Waals surface area (Å²) in [5.41, 5.74) is 0. The number of methoxy groups -OCH3 is 1. The Bertz CT molecular complexity index is 257. The first-order valence-electron chi connectivity index (χ1n) is 7.99. The molecule has 120 valence electrons. The Hall–Kier alpha value is 0.439. The van der Waals surface area contributed by atoms with Gasteiger partial charge in [0, 0.05) is 25.1 Å². The minimum Gasteiger partial charge on any atom is -0.383 e. The summed E-state index contributed by atoms with van der Waals surface area (Å²) in [7, 11) is 1.81. The van der Waals surface area contributed by atoms with Crippen LogP contribution in [-0.2, 0) is 21.8 Å². The van der Waals surface area contributed by atoms with E-state index in [4.69, 9.17) is 4.74 Å². The molecule has 3 rings (SSSR count). The maximum Gasteiger partial charge on any atom is 2.00 e. The fraction of sp³-hybridized carbons (Fsp3) is 0.474. The Morgan fingerprint density at radius 1 is 1.09 bits per heavy atom. The van der Waals surface area contributed by atoms with E-state index < -0.39 is 0 Å². The largest absolute Gasteiger partial charge is 2.00 e. The minimum absolute atomic E-state index is 0. The van der Waals surface area contributed by atoms with Crippen molar-refractivity contribution in [2.75, 3.05) is 20.3 Å². The van der Waals surface area contributed by atoms with Gasteiger partial charge in [0.2, 0.25) is 0 Å². The third-order valence-corrected chi connectivity index (χ3v) is 4.20. The zero-order valence-corrected chi connectivity index (χ0v) is 14.7. The van der Waals surface area contributed by atoms with E-state index in [2.05, 4.69) is 37.5 Å². The van der Waals surface area contributed by atoms with Crippen LogP contribution in [0.3, 0.4) is 0 Å². The second kappa shape index (κ2) is 11.9. The molecular formula is C19H27FeNO+2. The summed E-state index contributed by atoms with van der Waals surface area (Å²) < 4.78 is 5.33. The van der Waals surface area contributed by atoms with Gasteiger partial charge < -0.3 is 4.74 Å². The molecule has 3 fully saturated rings. The molecule has 10 radical (unpaired) electrons. The van der Waals surface area contributed by atoms with E-state index in [-0.39, 0.29) is 17.1 Å². The normalized spacial score (nSPS) is 27.3. The maximum absolute atomic E-state index is 5.33. The number of hydrogen-bond donors (Lipinski definition) is 0. The first-order chi connectivity index (χ1) is 10.4. The number of hydrogen-bond acceptors (Lipinski definition) is 2. The van der Waals surface area contributed by atoms with Gasteiger partial charge in [0.25, 0.3) is 0 Å². The van der Waals surface area contributed by atoms with Crippen LogP contribution in [0.4, 0.5) is 0 Å². The topological polar surface area (TPSA) is 12.5 Å². The molecule has 2 aliphatic carbocycles. The van der Waals surface area contributed by atoms with Crippen LogP contribution in [0.25, 0.3) is 0 Å². The summed E-state index contributed by atoms with van der Waals surface area (Å²) in [6.07, 6.45) is 22.5. The van der Waals surface area contributed by atoms with Gasteiger partial charge in [0.15, 0.2) is 0 Å². The molecule has 0 N–H and O–H groups in total.